The summed E-state index contributed by atoms with van der Waals surface area (Å²) in [6, 6.07) is 6.70. The maximum Gasteiger partial charge on any atom is 0.231 e. The Labute approximate surface area is 192 Å². The van der Waals surface area contributed by atoms with Crippen molar-refractivity contribution in [3.05, 3.63) is 23.8 Å². The van der Waals surface area contributed by atoms with Gasteiger partial charge >= 0.3 is 0 Å². The summed E-state index contributed by atoms with van der Waals surface area (Å²) in [5.74, 6) is 3.71. The molecule has 0 radical (unpaired) electrons. The Kier molecular flexibility index (Phi) is 7.18. The van der Waals surface area contributed by atoms with Crippen LogP contribution in [0.2, 0.25) is 0 Å². The Morgan fingerprint density at radius 3 is 2.53 bits per heavy atom. The fourth-order valence-electron chi connectivity index (χ4n) is 5.98. The second-order valence-corrected chi connectivity index (χ2v) is 10.1. The van der Waals surface area contributed by atoms with E-state index in [1.54, 1.807) is 0 Å². The number of amides is 1. The van der Waals surface area contributed by atoms with Crippen LogP contribution in [0.1, 0.15) is 69.3 Å². The van der Waals surface area contributed by atoms with Crippen molar-refractivity contribution in [2.75, 3.05) is 39.6 Å². The number of hydrogen-bond donors (Lipinski definition) is 1. The fourth-order valence-corrected chi connectivity index (χ4v) is 5.98. The maximum atomic E-state index is 12.5. The van der Waals surface area contributed by atoms with Crippen LogP contribution in [0, 0.1) is 11.8 Å². The third-order valence-corrected chi connectivity index (χ3v) is 8.09. The van der Waals surface area contributed by atoms with Crippen molar-refractivity contribution in [3.63, 3.8) is 0 Å². The van der Waals surface area contributed by atoms with Crippen LogP contribution in [0.5, 0.6) is 11.5 Å². The minimum atomic E-state index is 0.167. The predicted octanol–water partition coefficient (Wildman–Crippen LogP) is 4.09. The van der Waals surface area contributed by atoms with Gasteiger partial charge in [0, 0.05) is 30.7 Å². The molecule has 0 atom stereocenters. The second-order valence-electron chi connectivity index (χ2n) is 10.1. The molecule has 1 N–H and O–H groups in total. The summed E-state index contributed by atoms with van der Waals surface area (Å²) >= 11 is 0. The van der Waals surface area contributed by atoms with Crippen LogP contribution in [0.15, 0.2) is 18.2 Å². The van der Waals surface area contributed by atoms with Crippen LogP contribution < -0.4 is 14.8 Å². The van der Waals surface area contributed by atoms with Gasteiger partial charge in [0.2, 0.25) is 12.7 Å². The summed E-state index contributed by atoms with van der Waals surface area (Å²) in [6.45, 7) is 5.38. The highest BCUT2D eigenvalue weighted by atomic mass is 16.7. The predicted molar refractivity (Wildman–Crippen MR) is 123 cm³/mol. The zero-order valence-electron chi connectivity index (χ0n) is 19.2. The molecular formula is C26H38N2O4. The fraction of sp³-hybridized carbons (Fsp3) is 0.731. The molecule has 0 spiro atoms. The lowest BCUT2D eigenvalue weighted by Crippen LogP contribution is -2.42. The van der Waals surface area contributed by atoms with E-state index >= 15 is 0 Å². The number of benzene rings is 1. The number of fused-ring (bicyclic) bond motifs is 1. The van der Waals surface area contributed by atoms with Crippen LogP contribution >= 0.6 is 0 Å². The molecule has 1 saturated carbocycles. The van der Waals surface area contributed by atoms with Gasteiger partial charge in [-0.05, 0) is 95.3 Å². The van der Waals surface area contributed by atoms with Gasteiger partial charge in [-0.1, -0.05) is 12.1 Å². The Morgan fingerprint density at radius 2 is 1.75 bits per heavy atom. The molecule has 32 heavy (non-hydrogen) atoms. The van der Waals surface area contributed by atoms with E-state index in [1.165, 1.54) is 57.3 Å². The third-order valence-electron chi connectivity index (χ3n) is 8.09. The van der Waals surface area contributed by atoms with E-state index in [1.807, 2.05) is 6.07 Å². The number of nitrogens with zero attached hydrogens (tertiary/aromatic N) is 1. The first-order valence-electron chi connectivity index (χ1n) is 12.8. The molecular weight excluding hydrogens is 404 g/mol. The van der Waals surface area contributed by atoms with E-state index in [2.05, 4.69) is 22.3 Å². The molecule has 1 aromatic carbocycles. The van der Waals surface area contributed by atoms with Gasteiger partial charge in [0.1, 0.15) is 0 Å². The van der Waals surface area contributed by atoms with Crippen molar-refractivity contribution < 1.29 is 19.0 Å². The van der Waals surface area contributed by atoms with Crippen molar-refractivity contribution in [2.45, 2.75) is 69.7 Å². The maximum absolute atomic E-state index is 12.5. The SMILES string of the molecule is O=C(N[C@H]1CC[C@H](CCN2CCC(c3cccc4c3OCO4)CC2)CC1)C1CCOCC1. The standard InChI is InChI=1S/C26H38N2O4/c29-26(21-11-16-30-17-12-21)27-22-6-4-19(5-7-22)8-13-28-14-9-20(10-15-28)23-2-1-3-24-25(23)32-18-31-24/h1-3,19-22H,4-18H2,(H,27,29)/t19-,22-. The Balaban J connectivity index is 1.00. The van der Waals surface area contributed by atoms with Gasteiger partial charge < -0.3 is 24.4 Å². The number of likely N-dealkylation sites (tertiary alicyclic amines) is 1. The first kappa shape index (κ1) is 22.0. The highest BCUT2D eigenvalue weighted by molar-refractivity contribution is 5.79. The molecule has 3 fully saturated rings. The van der Waals surface area contributed by atoms with Crippen LogP contribution in [-0.4, -0.2) is 56.5 Å². The van der Waals surface area contributed by atoms with Crippen LogP contribution in [0.3, 0.4) is 0 Å². The Hall–Kier alpha value is -1.79. The van der Waals surface area contributed by atoms with E-state index in [-0.39, 0.29) is 11.8 Å². The van der Waals surface area contributed by atoms with E-state index < -0.39 is 0 Å². The number of carbonyl (C=O) groups is 1. The molecule has 176 valence electrons. The summed E-state index contributed by atoms with van der Waals surface area (Å²) in [6.07, 6.45) is 10.2. The molecule has 0 unspecified atom stereocenters. The van der Waals surface area contributed by atoms with Crippen LogP contribution in [0.25, 0.3) is 0 Å². The second kappa shape index (κ2) is 10.4. The quantitative estimate of drug-likeness (QED) is 0.719. The molecule has 0 bridgehead atoms. The lowest BCUT2D eigenvalue weighted by Gasteiger charge is -2.35. The van der Waals surface area contributed by atoms with Crippen molar-refractivity contribution in [3.8, 4) is 11.5 Å². The van der Waals surface area contributed by atoms with Crippen molar-refractivity contribution in [2.24, 2.45) is 11.8 Å². The lowest BCUT2D eigenvalue weighted by molar-refractivity contribution is -0.128. The molecule has 6 nitrogen and oxygen atoms in total. The van der Waals surface area contributed by atoms with Crippen LogP contribution in [-0.2, 0) is 9.53 Å². The highest BCUT2D eigenvalue weighted by Gasteiger charge is 2.29. The molecule has 2 saturated heterocycles. The summed E-state index contributed by atoms with van der Waals surface area (Å²) in [7, 11) is 0. The molecule has 1 amide bonds. The number of hydrogen-bond acceptors (Lipinski definition) is 5. The van der Waals surface area contributed by atoms with Gasteiger partial charge in [-0.3, -0.25) is 4.79 Å². The first-order valence-corrected chi connectivity index (χ1v) is 12.8. The number of ether oxygens (including phenoxy) is 3. The summed E-state index contributed by atoms with van der Waals surface area (Å²) in [5.41, 5.74) is 1.33. The van der Waals surface area contributed by atoms with Gasteiger partial charge in [-0.15, -0.1) is 0 Å². The van der Waals surface area contributed by atoms with Crippen molar-refractivity contribution >= 4 is 5.91 Å². The number of carbonyl (C=O) groups excluding carboxylic acids is 1. The Morgan fingerprint density at radius 1 is 0.969 bits per heavy atom. The van der Waals surface area contributed by atoms with E-state index in [9.17, 15) is 4.79 Å². The smallest absolute Gasteiger partial charge is 0.231 e. The monoisotopic (exact) mass is 442 g/mol. The minimum absolute atomic E-state index is 0.167. The van der Waals surface area contributed by atoms with Crippen molar-refractivity contribution in [1.82, 2.24) is 10.2 Å². The molecule has 5 rings (SSSR count). The van der Waals surface area contributed by atoms with E-state index in [4.69, 9.17) is 14.2 Å². The summed E-state index contributed by atoms with van der Waals surface area (Å²) in [4.78, 5) is 15.1. The number of nitrogens with one attached hydrogen (secondary N) is 1. The summed E-state index contributed by atoms with van der Waals surface area (Å²) in [5, 5.41) is 3.33. The number of piperidine rings is 1. The van der Waals surface area contributed by atoms with Gasteiger partial charge in [0.15, 0.2) is 11.5 Å². The Bertz CT molecular complexity index is 763. The molecule has 0 aromatic heterocycles. The average molecular weight is 443 g/mol. The third kappa shape index (κ3) is 5.23. The topological polar surface area (TPSA) is 60.0 Å². The molecule has 1 aromatic rings. The largest absolute Gasteiger partial charge is 0.454 e. The minimum Gasteiger partial charge on any atom is -0.454 e. The zero-order chi connectivity index (χ0) is 21.8. The zero-order valence-corrected chi connectivity index (χ0v) is 19.2. The number of rotatable bonds is 6. The van der Waals surface area contributed by atoms with Gasteiger partial charge in [-0.25, -0.2) is 0 Å². The van der Waals surface area contributed by atoms with Crippen molar-refractivity contribution in [1.29, 1.82) is 0 Å². The lowest BCUT2D eigenvalue weighted by atomic mass is 9.83. The number of para-hydroxylation sites is 1. The molecule has 3 aliphatic heterocycles. The van der Waals surface area contributed by atoms with Gasteiger partial charge in [0.25, 0.3) is 0 Å². The molecule has 6 heteroatoms. The van der Waals surface area contributed by atoms with Crippen LogP contribution in [0.4, 0.5) is 0 Å². The normalized spacial score (nSPS) is 27.4. The van der Waals surface area contributed by atoms with Gasteiger partial charge in [0.05, 0.1) is 0 Å². The summed E-state index contributed by atoms with van der Waals surface area (Å²) < 4.78 is 16.7. The van der Waals surface area contributed by atoms with Gasteiger partial charge in [-0.2, -0.15) is 0 Å². The molecule has 3 heterocycles. The average Bonchev–Trinajstić information content (AvgIpc) is 3.34. The highest BCUT2D eigenvalue weighted by Crippen LogP contribution is 2.42. The first-order chi connectivity index (χ1) is 15.8. The molecule has 1 aliphatic carbocycles. The van der Waals surface area contributed by atoms with E-state index in [0.717, 1.165) is 56.3 Å². The van der Waals surface area contributed by atoms with E-state index in [0.29, 0.717) is 18.8 Å². The molecule has 4 aliphatic rings.